The van der Waals surface area contributed by atoms with Crippen molar-refractivity contribution in [1.82, 2.24) is 0 Å². The van der Waals surface area contributed by atoms with E-state index in [1.165, 1.54) is 12.1 Å². The number of halogens is 1. The van der Waals surface area contributed by atoms with E-state index in [2.05, 4.69) is 0 Å². The third-order valence-corrected chi connectivity index (χ3v) is 1.89. The fourth-order valence-corrected chi connectivity index (χ4v) is 1.17. The Morgan fingerprint density at radius 1 is 1.31 bits per heavy atom. The van der Waals surface area contributed by atoms with Gasteiger partial charge in [-0.3, -0.25) is 0 Å². The lowest BCUT2D eigenvalue weighted by atomic mass is 9.87. The Hall–Kier alpha value is -1.18. The third kappa shape index (κ3) is 2.98. The van der Waals surface area contributed by atoms with Crippen molar-refractivity contribution in [2.75, 3.05) is 0 Å². The molecule has 0 saturated heterocycles. The van der Waals surface area contributed by atoms with Crippen molar-refractivity contribution in [1.29, 1.82) is 0 Å². The van der Waals surface area contributed by atoms with Crippen LogP contribution in [0.4, 0.5) is 4.39 Å². The van der Waals surface area contributed by atoms with Crippen LogP contribution in [-0.2, 0) is 11.2 Å². The van der Waals surface area contributed by atoms with Gasteiger partial charge in [-0.05, 0) is 24.1 Å². The molecule has 0 radical (unpaired) electrons. The van der Waals surface area contributed by atoms with Gasteiger partial charge in [-0.15, -0.1) is 0 Å². The summed E-state index contributed by atoms with van der Waals surface area (Å²) in [5, 5.41) is 0. The van der Waals surface area contributed by atoms with Crippen LogP contribution in [0.15, 0.2) is 24.3 Å². The molecule has 0 fully saturated rings. The fourth-order valence-electron chi connectivity index (χ4n) is 1.17. The van der Waals surface area contributed by atoms with Crippen LogP contribution >= 0.6 is 0 Å². The lowest BCUT2D eigenvalue weighted by molar-refractivity contribution is -0.114. The minimum atomic E-state index is -0.363. The average molecular weight is 180 g/mol. The second-order valence-corrected chi connectivity index (χ2v) is 3.91. The highest BCUT2D eigenvalue weighted by atomic mass is 19.1. The summed E-state index contributed by atoms with van der Waals surface area (Å²) >= 11 is 0. The molecular formula is C11H13FO. The maximum Gasteiger partial charge on any atom is 0.125 e. The first-order chi connectivity index (χ1) is 6.03. The van der Waals surface area contributed by atoms with Gasteiger partial charge < -0.3 is 4.79 Å². The summed E-state index contributed by atoms with van der Waals surface area (Å²) in [7, 11) is 0. The number of benzene rings is 1. The highest BCUT2D eigenvalue weighted by Crippen LogP contribution is 2.18. The molecule has 0 atom stereocenters. The Morgan fingerprint density at radius 3 is 2.31 bits per heavy atom. The topological polar surface area (TPSA) is 17.1 Å². The monoisotopic (exact) mass is 180 g/mol. The van der Waals surface area contributed by atoms with Crippen LogP contribution in [0, 0.1) is 11.2 Å². The van der Waals surface area contributed by atoms with E-state index in [1.807, 2.05) is 13.8 Å². The molecule has 0 aliphatic heterocycles. The Labute approximate surface area is 77.6 Å². The van der Waals surface area contributed by atoms with Gasteiger partial charge in [0.15, 0.2) is 0 Å². The van der Waals surface area contributed by atoms with Gasteiger partial charge in [-0.2, -0.15) is 0 Å². The van der Waals surface area contributed by atoms with Crippen LogP contribution in [0.5, 0.6) is 0 Å². The number of rotatable bonds is 3. The summed E-state index contributed by atoms with van der Waals surface area (Å²) in [6.07, 6.45) is 1.58. The molecule has 0 spiro atoms. The molecule has 0 unspecified atom stereocenters. The fraction of sp³-hybridized carbons (Fsp3) is 0.364. The maximum absolute atomic E-state index is 12.5. The summed E-state index contributed by atoms with van der Waals surface area (Å²) in [4.78, 5) is 10.6. The van der Waals surface area contributed by atoms with Crippen molar-refractivity contribution in [2.24, 2.45) is 5.41 Å². The maximum atomic E-state index is 12.5. The lowest BCUT2D eigenvalue weighted by Crippen LogP contribution is -2.16. The van der Waals surface area contributed by atoms with Gasteiger partial charge >= 0.3 is 0 Å². The molecule has 0 bridgehead atoms. The largest absolute Gasteiger partial charge is 0.303 e. The zero-order valence-corrected chi connectivity index (χ0v) is 7.88. The summed E-state index contributed by atoms with van der Waals surface area (Å²) < 4.78 is 12.5. The lowest BCUT2D eigenvalue weighted by Gasteiger charge is -2.16. The first-order valence-electron chi connectivity index (χ1n) is 4.24. The first-order valence-corrected chi connectivity index (χ1v) is 4.24. The molecule has 0 aliphatic carbocycles. The molecule has 2 heteroatoms. The molecule has 0 N–H and O–H groups in total. The Balaban J connectivity index is 2.75. The van der Waals surface area contributed by atoms with E-state index in [4.69, 9.17) is 0 Å². The second kappa shape index (κ2) is 3.69. The number of hydrogen-bond acceptors (Lipinski definition) is 1. The molecule has 0 heterocycles. The van der Waals surface area contributed by atoms with Gasteiger partial charge in [0.25, 0.3) is 0 Å². The molecule has 1 rings (SSSR count). The van der Waals surface area contributed by atoms with Crippen molar-refractivity contribution in [2.45, 2.75) is 20.3 Å². The van der Waals surface area contributed by atoms with Gasteiger partial charge in [0.2, 0.25) is 0 Å². The molecule has 0 amide bonds. The van der Waals surface area contributed by atoms with Gasteiger partial charge in [0.1, 0.15) is 12.1 Å². The van der Waals surface area contributed by atoms with Crippen LogP contribution in [0.1, 0.15) is 19.4 Å². The highest BCUT2D eigenvalue weighted by Gasteiger charge is 2.16. The summed E-state index contributed by atoms with van der Waals surface area (Å²) in [5.41, 5.74) is 0.621. The summed E-state index contributed by atoms with van der Waals surface area (Å²) in [6, 6.07) is 6.24. The smallest absolute Gasteiger partial charge is 0.125 e. The van der Waals surface area contributed by atoms with Gasteiger partial charge in [-0.25, -0.2) is 4.39 Å². The third-order valence-electron chi connectivity index (χ3n) is 1.89. The Kier molecular flexibility index (Phi) is 2.81. The summed E-state index contributed by atoms with van der Waals surface area (Å²) in [6.45, 7) is 3.73. The van der Waals surface area contributed by atoms with Crippen LogP contribution in [0.25, 0.3) is 0 Å². The van der Waals surface area contributed by atoms with Crippen molar-refractivity contribution in [3.8, 4) is 0 Å². The zero-order chi connectivity index (χ0) is 9.90. The van der Waals surface area contributed by atoms with Gasteiger partial charge in [0.05, 0.1) is 0 Å². The zero-order valence-electron chi connectivity index (χ0n) is 7.88. The molecule has 1 aromatic rings. The Morgan fingerprint density at radius 2 is 1.85 bits per heavy atom. The highest BCUT2D eigenvalue weighted by molar-refractivity contribution is 5.58. The van der Waals surface area contributed by atoms with Crippen LogP contribution in [0.3, 0.4) is 0 Å². The minimum absolute atomic E-state index is 0.243. The number of carbonyl (C=O) groups excluding carboxylic acids is 1. The van der Waals surface area contributed by atoms with Gasteiger partial charge in [0, 0.05) is 5.41 Å². The van der Waals surface area contributed by atoms with Crippen LogP contribution < -0.4 is 0 Å². The number of carbonyl (C=O) groups is 1. The molecule has 0 saturated carbocycles. The van der Waals surface area contributed by atoms with Crippen molar-refractivity contribution >= 4 is 6.29 Å². The van der Waals surface area contributed by atoms with E-state index in [1.54, 1.807) is 12.1 Å². The van der Waals surface area contributed by atoms with E-state index in [0.29, 0.717) is 6.42 Å². The molecule has 13 heavy (non-hydrogen) atoms. The van der Waals surface area contributed by atoms with Crippen molar-refractivity contribution in [3.63, 3.8) is 0 Å². The number of hydrogen-bond donors (Lipinski definition) is 0. The normalized spacial score (nSPS) is 11.3. The van der Waals surface area contributed by atoms with E-state index in [0.717, 1.165) is 11.8 Å². The first kappa shape index (κ1) is 9.90. The molecule has 1 aromatic carbocycles. The van der Waals surface area contributed by atoms with Gasteiger partial charge in [-0.1, -0.05) is 26.0 Å². The molecule has 0 aliphatic rings. The van der Waals surface area contributed by atoms with Crippen molar-refractivity contribution in [3.05, 3.63) is 35.6 Å². The van der Waals surface area contributed by atoms with Crippen molar-refractivity contribution < 1.29 is 9.18 Å². The summed E-state index contributed by atoms with van der Waals surface area (Å²) in [5.74, 6) is -0.243. The quantitative estimate of drug-likeness (QED) is 0.653. The SMILES string of the molecule is CC(C)(C=O)Cc1ccc(F)cc1. The van der Waals surface area contributed by atoms with E-state index in [9.17, 15) is 9.18 Å². The predicted octanol–water partition coefficient (Wildman–Crippen LogP) is 2.59. The molecule has 0 aromatic heterocycles. The second-order valence-electron chi connectivity index (χ2n) is 3.91. The standard InChI is InChI=1S/C11H13FO/c1-11(2,8-13)7-9-3-5-10(12)6-4-9/h3-6,8H,7H2,1-2H3. The Bertz CT molecular complexity index is 287. The predicted molar refractivity (Wildman–Crippen MR) is 49.9 cm³/mol. The number of aldehydes is 1. The van der Waals surface area contributed by atoms with E-state index in [-0.39, 0.29) is 11.2 Å². The molecular weight excluding hydrogens is 167 g/mol. The minimum Gasteiger partial charge on any atom is -0.303 e. The van der Waals surface area contributed by atoms with E-state index < -0.39 is 0 Å². The van der Waals surface area contributed by atoms with Crippen LogP contribution in [-0.4, -0.2) is 6.29 Å². The van der Waals surface area contributed by atoms with Crippen LogP contribution in [0.2, 0.25) is 0 Å². The molecule has 70 valence electrons. The average Bonchev–Trinajstić information content (AvgIpc) is 2.09. The van der Waals surface area contributed by atoms with E-state index >= 15 is 0 Å². The molecule has 1 nitrogen and oxygen atoms in total.